The third kappa shape index (κ3) is 5.31. The summed E-state index contributed by atoms with van der Waals surface area (Å²) < 4.78 is 4.15. The van der Waals surface area contributed by atoms with E-state index in [2.05, 4.69) is 45.6 Å². The second-order valence-electron chi connectivity index (χ2n) is 11.7. The van der Waals surface area contributed by atoms with Crippen LogP contribution in [0.5, 0.6) is 0 Å². The molecule has 0 unspecified atom stereocenters. The Morgan fingerprint density at radius 3 is 2.39 bits per heavy atom. The van der Waals surface area contributed by atoms with Gasteiger partial charge in [0.05, 0.1) is 17.4 Å². The summed E-state index contributed by atoms with van der Waals surface area (Å²) in [7, 11) is 0. The molecule has 0 atom stereocenters. The molecule has 5 aromatic rings. The van der Waals surface area contributed by atoms with Crippen molar-refractivity contribution in [3.8, 4) is 0 Å². The molecule has 0 radical (unpaired) electrons. The predicted octanol–water partition coefficient (Wildman–Crippen LogP) is 8.36. The van der Waals surface area contributed by atoms with Gasteiger partial charge in [0.2, 0.25) is 11.4 Å². The first-order chi connectivity index (χ1) is 22.3. The molecule has 0 spiro atoms. The van der Waals surface area contributed by atoms with Gasteiger partial charge in [0.1, 0.15) is 6.42 Å². The Kier molecular flexibility index (Phi) is 8.01. The zero-order chi connectivity index (χ0) is 31.9. The Bertz CT molecular complexity index is 2270. The molecule has 1 aliphatic carbocycles. The van der Waals surface area contributed by atoms with Gasteiger partial charge in [0.15, 0.2) is 6.54 Å². The smallest absolute Gasteiger partial charge is 0.309 e. The molecule has 1 aromatic heterocycles. The van der Waals surface area contributed by atoms with Crippen LogP contribution in [0.4, 0.5) is 5.69 Å². The van der Waals surface area contributed by atoms with Gasteiger partial charge in [-0.15, -0.1) is 0 Å². The number of benzene rings is 4. The molecule has 1 aliphatic heterocycles. The number of rotatable bonds is 9. The van der Waals surface area contributed by atoms with Gasteiger partial charge < -0.3 is 14.8 Å². The van der Waals surface area contributed by atoms with E-state index in [-0.39, 0.29) is 12.8 Å². The zero-order valence-electron chi connectivity index (χ0n) is 25.0. The third-order valence-corrected chi connectivity index (χ3v) is 9.82. The maximum absolute atomic E-state index is 11.5. The molecule has 230 valence electrons. The summed E-state index contributed by atoms with van der Waals surface area (Å²) in [4.78, 5) is 23.0. The highest BCUT2D eigenvalue weighted by Crippen LogP contribution is 2.40. The fourth-order valence-electron chi connectivity index (χ4n) is 6.92. The zero-order valence-corrected chi connectivity index (χ0v) is 26.5. The Balaban J connectivity index is 1.30. The molecule has 2 aliphatic rings. The summed E-state index contributed by atoms with van der Waals surface area (Å²) in [5, 5.41) is 26.6. The number of aryl methyl sites for hydroxylation is 1. The first-order valence-corrected chi connectivity index (χ1v) is 16.1. The first kappa shape index (κ1) is 30.0. The number of hydrogen-bond donors (Lipinski definition) is 2. The minimum Gasteiger partial charge on any atom is -0.481 e. The maximum atomic E-state index is 11.5. The van der Waals surface area contributed by atoms with Gasteiger partial charge in [0, 0.05) is 55.8 Å². The molecule has 0 saturated carbocycles. The average Bonchev–Trinajstić information content (AvgIpc) is 3.52. The quantitative estimate of drug-likeness (QED) is 0.157. The van der Waals surface area contributed by atoms with Crippen LogP contribution < -0.4 is 5.35 Å². The highest BCUT2D eigenvalue weighted by atomic mass is 35.5. The lowest BCUT2D eigenvalue weighted by atomic mass is 9.93. The van der Waals surface area contributed by atoms with Gasteiger partial charge in [-0.25, -0.2) is 0 Å². The number of carboxylic acid groups (broad SMARTS) is 2. The third-order valence-electron chi connectivity index (χ3n) is 9.00. The number of carboxylic acids is 2. The Morgan fingerprint density at radius 1 is 0.826 bits per heavy atom. The number of aromatic nitrogens is 1. The second-order valence-corrected chi connectivity index (χ2v) is 12.5. The summed E-state index contributed by atoms with van der Waals surface area (Å²) in [6.45, 7) is 0.701. The molecule has 0 bridgehead atoms. The molecule has 4 aromatic carbocycles. The van der Waals surface area contributed by atoms with Crippen molar-refractivity contribution in [3.05, 3.63) is 117 Å². The van der Waals surface area contributed by atoms with Gasteiger partial charge in [-0.1, -0.05) is 77.8 Å². The van der Waals surface area contributed by atoms with Crippen LogP contribution in [0, 0.1) is 0 Å². The topological polar surface area (TPSA) is 82.5 Å². The van der Waals surface area contributed by atoms with E-state index in [1.807, 2.05) is 54.6 Å². The van der Waals surface area contributed by atoms with E-state index in [1.54, 1.807) is 0 Å². The average molecular weight is 651 g/mol. The minimum atomic E-state index is -0.852. The lowest BCUT2D eigenvalue weighted by Gasteiger charge is -2.16. The van der Waals surface area contributed by atoms with Crippen LogP contribution in [0.2, 0.25) is 5.02 Å². The number of nitrogens with zero attached hydrogens (tertiary/aromatic N) is 2. The summed E-state index contributed by atoms with van der Waals surface area (Å²) >= 11 is 13.6. The molecule has 2 heterocycles. The van der Waals surface area contributed by atoms with Crippen LogP contribution in [-0.4, -0.2) is 43.6 Å². The summed E-state index contributed by atoms with van der Waals surface area (Å²) in [6.07, 6.45) is 10.9. The van der Waals surface area contributed by atoms with E-state index in [1.165, 1.54) is 0 Å². The molecule has 0 amide bonds. The Hall–Kier alpha value is -4.65. The van der Waals surface area contributed by atoms with Crippen molar-refractivity contribution in [1.82, 2.24) is 4.57 Å². The lowest BCUT2D eigenvalue weighted by Crippen LogP contribution is -2.18. The van der Waals surface area contributed by atoms with Crippen molar-refractivity contribution in [2.45, 2.75) is 38.6 Å². The SMILES string of the molecule is O=C(O)CCn1/c(=C\C=C2/CCCC(/C=C\C3=[N+](CCC(=O)O)c4ccc(Cl)c5cccc3c45)=C2Cl)c2cccc3cccc1c32. The van der Waals surface area contributed by atoms with E-state index < -0.39 is 11.9 Å². The standard InChI is InChI=1S/C38H30Cl2N2O4/c39-29-15-18-33-37-26(29)9-4-11-28(37)31(42(33)22-20-35(45)46)17-14-25-8-1-7-24(38(25)40)13-16-30-27-10-2-5-23-6-3-12-32(36(23)27)41(30)21-19-34(43)44/h2-6,9-18H,1,7-8,19-22H2,(H-,43,44,45,46)/p+1. The Morgan fingerprint density at radius 2 is 1.59 bits per heavy atom. The molecule has 2 N–H and O–H groups in total. The van der Waals surface area contributed by atoms with Crippen molar-refractivity contribution in [1.29, 1.82) is 0 Å². The fourth-order valence-corrected chi connectivity index (χ4v) is 7.46. The van der Waals surface area contributed by atoms with Gasteiger partial charge in [-0.2, -0.15) is 4.58 Å². The van der Waals surface area contributed by atoms with Gasteiger partial charge in [-0.05, 0) is 60.1 Å². The highest BCUT2D eigenvalue weighted by molar-refractivity contribution is 6.37. The van der Waals surface area contributed by atoms with Crippen LogP contribution in [0.15, 0.2) is 101 Å². The van der Waals surface area contributed by atoms with Crippen molar-refractivity contribution in [2.24, 2.45) is 0 Å². The van der Waals surface area contributed by atoms with E-state index in [4.69, 9.17) is 23.2 Å². The first-order valence-electron chi connectivity index (χ1n) is 15.4. The number of carbonyl (C=O) groups is 2. The summed E-state index contributed by atoms with van der Waals surface area (Å²) in [5.74, 6) is -1.69. The lowest BCUT2D eigenvalue weighted by molar-refractivity contribution is -0.434. The molecular formula is C38H31Cl2N2O4+. The summed E-state index contributed by atoms with van der Waals surface area (Å²) in [6, 6.07) is 22.2. The monoisotopic (exact) mass is 649 g/mol. The molecular weight excluding hydrogens is 619 g/mol. The molecule has 0 fully saturated rings. The molecule has 6 nitrogen and oxygen atoms in total. The van der Waals surface area contributed by atoms with Crippen LogP contribution in [-0.2, 0) is 16.1 Å². The maximum Gasteiger partial charge on any atom is 0.309 e. The van der Waals surface area contributed by atoms with E-state index in [0.29, 0.717) is 23.1 Å². The second kappa shape index (κ2) is 12.3. The van der Waals surface area contributed by atoms with Crippen LogP contribution in [0.3, 0.4) is 0 Å². The molecule has 7 rings (SSSR count). The summed E-state index contributed by atoms with van der Waals surface area (Å²) in [5.41, 5.74) is 5.95. The van der Waals surface area contributed by atoms with Crippen molar-refractivity contribution in [3.63, 3.8) is 0 Å². The number of aliphatic carboxylic acids is 2. The highest BCUT2D eigenvalue weighted by Gasteiger charge is 2.31. The largest absolute Gasteiger partial charge is 0.481 e. The normalized spacial score (nSPS) is 16.4. The van der Waals surface area contributed by atoms with Crippen LogP contribution in [0.25, 0.3) is 38.5 Å². The minimum absolute atomic E-state index is 0.00151. The van der Waals surface area contributed by atoms with Crippen molar-refractivity contribution in [2.75, 3.05) is 6.54 Å². The predicted molar refractivity (Wildman–Crippen MR) is 185 cm³/mol. The van der Waals surface area contributed by atoms with E-state index >= 15 is 0 Å². The number of hydrogen-bond acceptors (Lipinski definition) is 2. The fraction of sp³-hybridized carbons (Fsp3) is 0.184. The van der Waals surface area contributed by atoms with Crippen LogP contribution >= 0.6 is 23.2 Å². The number of allylic oxidation sites excluding steroid dienone is 6. The Labute approximate surface area is 275 Å². The number of halogens is 2. The van der Waals surface area contributed by atoms with Crippen molar-refractivity contribution < 1.29 is 24.4 Å². The molecule has 46 heavy (non-hydrogen) atoms. The van der Waals surface area contributed by atoms with E-state index in [9.17, 15) is 19.8 Å². The van der Waals surface area contributed by atoms with E-state index in [0.717, 1.165) is 85.2 Å². The van der Waals surface area contributed by atoms with Crippen LogP contribution in [0.1, 0.15) is 37.7 Å². The van der Waals surface area contributed by atoms with Crippen molar-refractivity contribution >= 4 is 85.1 Å². The van der Waals surface area contributed by atoms with Gasteiger partial charge >= 0.3 is 11.9 Å². The molecule has 8 heteroatoms. The molecule has 0 saturated heterocycles. The van der Waals surface area contributed by atoms with Gasteiger partial charge in [-0.3, -0.25) is 9.59 Å². The van der Waals surface area contributed by atoms with Gasteiger partial charge in [0.25, 0.3) is 0 Å².